The fourth-order valence-electron chi connectivity index (χ4n) is 0.739. The smallest absolute Gasteiger partial charge is 0.266 e. The highest BCUT2D eigenvalue weighted by molar-refractivity contribution is 5.25. The van der Waals surface area contributed by atoms with Crippen LogP contribution >= 0.6 is 0 Å². The minimum Gasteiger partial charge on any atom is -0.324 e. The van der Waals surface area contributed by atoms with Crippen LogP contribution in [0, 0.1) is 17.4 Å². The Balaban J connectivity index is 3.23. The highest BCUT2D eigenvalue weighted by atomic mass is 16.1. The Morgan fingerprint density at radius 2 is 2.55 bits per heavy atom. The molecule has 0 unspecified atom stereocenters. The van der Waals surface area contributed by atoms with Crippen molar-refractivity contribution in [2.45, 2.75) is 13.3 Å². The van der Waals surface area contributed by atoms with E-state index in [-0.39, 0.29) is 11.1 Å². The summed E-state index contributed by atoms with van der Waals surface area (Å²) in [4.78, 5) is 13.5. The van der Waals surface area contributed by atoms with Crippen LogP contribution in [0.3, 0.4) is 0 Å². The number of aromatic amines is 1. The minimum atomic E-state index is -0.330. The molecular weight excluding hydrogens is 140 g/mol. The average Bonchev–Trinajstić information content (AvgIpc) is 2.04. The van der Waals surface area contributed by atoms with Gasteiger partial charge in [-0.25, -0.2) is 0 Å². The molecule has 3 heteroatoms. The van der Waals surface area contributed by atoms with Gasteiger partial charge in [0.05, 0.1) is 0 Å². The third-order valence-corrected chi connectivity index (χ3v) is 1.37. The number of aryl methyl sites for hydroxylation is 1. The standard InChI is InChI=1S/C8H7N2O/c1-2-7-4-3-6(5-9)8(11)10-7/h3H,2H2,1H3,(H,10,11). The molecule has 3 nitrogen and oxygen atoms in total. The van der Waals surface area contributed by atoms with Crippen LogP contribution in [-0.2, 0) is 6.42 Å². The van der Waals surface area contributed by atoms with Crippen molar-refractivity contribution in [3.05, 3.63) is 33.7 Å². The molecular formula is C8H7N2O. The van der Waals surface area contributed by atoms with Gasteiger partial charge in [-0.05, 0) is 12.5 Å². The monoisotopic (exact) mass is 147 g/mol. The predicted octanol–water partition coefficient (Wildman–Crippen LogP) is 0.609. The van der Waals surface area contributed by atoms with Gasteiger partial charge in [0.25, 0.3) is 5.56 Å². The van der Waals surface area contributed by atoms with E-state index in [2.05, 4.69) is 11.1 Å². The summed E-state index contributed by atoms with van der Waals surface area (Å²) in [5.41, 5.74) is 0.513. The number of H-pyrrole nitrogens is 1. The number of nitrogens with zero attached hydrogens (tertiary/aromatic N) is 1. The first-order valence-corrected chi connectivity index (χ1v) is 3.32. The van der Waals surface area contributed by atoms with Crippen molar-refractivity contribution in [2.75, 3.05) is 0 Å². The molecule has 55 valence electrons. The van der Waals surface area contributed by atoms with Gasteiger partial charge in [-0.2, -0.15) is 5.26 Å². The van der Waals surface area contributed by atoms with Gasteiger partial charge in [0.1, 0.15) is 11.6 Å². The van der Waals surface area contributed by atoms with Crippen LogP contribution in [0.15, 0.2) is 10.9 Å². The summed E-state index contributed by atoms with van der Waals surface area (Å²) in [5.74, 6) is 0. The van der Waals surface area contributed by atoms with E-state index in [1.165, 1.54) is 6.07 Å². The summed E-state index contributed by atoms with van der Waals surface area (Å²) in [5, 5.41) is 8.39. The molecule has 1 heterocycles. The van der Waals surface area contributed by atoms with E-state index in [0.717, 1.165) is 12.1 Å². The van der Waals surface area contributed by atoms with E-state index in [1.807, 2.05) is 6.92 Å². The minimum absolute atomic E-state index is 0.113. The lowest BCUT2D eigenvalue weighted by Crippen LogP contribution is -2.11. The van der Waals surface area contributed by atoms with Crippen LogP contribution in [0.5, 0.6) is 0 Å². The first-order chi connectivity index (χ1) is 5.27. The average molecular weight is 147 g/mol. The van der Waals surface area contributed by atoms with Crippen molar-refractivity contribution in [1.29, 1.82) is 5.26 Å². The second-order valence-corrected chi connectivity index (χ2v) is 2.10. The van der Waals surface area contributed by atoms with E-state index in [1.54, 1.807) is 6.07 Å². The molecule has 0 fully saturated rings. The first kappa shape index (κ1) is 7.55. The van der Waals surface area contributed by atoms with E-state index in [4.69, 9.17) is 5.26 Å². The SMILES string of the molecule is CCc1[c]cc(C#N)c(=O)[nH]1. The Hall–Kier alpha value is -1.56. The molecule has 0 saturated heterocycles. The van der Waals surface area contributed by atoms with E-state index >= 15 is 0 Å². The second-order valence-electron chi connectivity index (χ2n) is 2.10. The topological polar surface area (TPSA) is 56.6 Å². The lowest BCUT2D eigenvalue weighted by molar-refractivity contribution is 1.00. The maximum atomic E-state index is 10.9. The summed E-state index contributed by atoms with van der Waals surface area (Å²) < 4.78 is 0. The normalized spacial score (nSPS) is 9.09. The van der Waals surface area contributed by atoms with Gasteiger partial charge in [0.15, 0.2) is 0 Å². The molecule has 1 aromatic heterocycles. The van der Waals surface area contributed by atoms with Gasteiger partial charge in [-0.3, -0.25) is 4.79 Å². The lowest BCUT2D eigenvalue weighted by Gasteiger charge is -1.93. The molecule has 0 aromatic carbocycles. The summed E-state index contributed by atoms with van der Waals surface area (Å²) in [6, 6.07) is 5.99. The Morgan fingerprint density at radius 1 is 1.82 bits per heavy atom. The van der Waals surface area contributed by atoms with Crippen LogP contribution in [0.2, 0.25) is 0 Å². The largest absolute Gasteiger partial charge is 0.324 e. The van der Waals surface area contributed by atoms with Gasteiger partial charge in [-0.15, -0.1) is 0 Å². The Bertz CT molecular complexity index is 346. The van der Waals surface area contributed by atoms with Crippen molar-refractivity contribution in [2.24, 2.45) is 0 Å². The molecule has 1 rings (SSSR count). The van der Waals surface area contributed by atoms with Gasteiger partial charge in [0.2, 0.25) is 0 Å². The quantitative estimate of drug-likeness (QED) is 0.632. The van der Waals surface area contributed by atoms with Crippen LogP contribution in [0.4, 0.5) is 0 Å². The molecule has 0 spiro atoms. The van der Waals surface area contributed by atoms with Gasteiger partial charge in [-0.1, -0.05) is 6.92 Å². The fourth-order valence-corrected chi connectivity index (χ4v) is 0.739. The van der Waals surface area contributed by atoms with E-state index in [0.29, 0.717) is 0 Å². The number of rotatable bonds is 1. The van der Waals surface area contributed by atoms with Crippen molar-refractivity contribution in [1.82, 2.24) is 4.98 Å². The lowest BCUT2D eigenvalue weighted by atomic mass is 10.2. The van der Waals surface area contributed by atoms with Crippen molar-refractivity contribution in [3.8, 4) is 6.07 Å². The molecule has 0 bridgehead atoms. The van der Waals surface area contributed by atoms with Gasteiger partial charge < -0.3 is 4.98 Å². The van der Waals surface area contributed by atoms with Crippen LogP contribution in [-0.4, -0.2) is 4.98 Å². The maximum Gasteiger partial charge on any atom is 0.266 e. The molecule has 11 heavy (non-hydrogen) atoms. The molecule has 0 aliphatic carbocycles. The van der Waals surface area contributed by atoms with Crippen molar-refractivity contribution < 1.29 is 0 Å². The molecule has 0 saturated carbocycles. The van der Waals surface area contributed by atoms with Crippen LogP contribution < -0.4 is 5.56 Å². The van der Waals surface area contributed by atoms with E-state index in [9.17, 15) is 4.79 Å². The zero-order valence-corrected chi connectivity index (χ0v) is 6.14. The summed E-state index contributed by atoms with van der Waals surface area (Å²) in [7, 11) is 0. The number of nitriles is 1. The van der Waals surface area contributed by atoms with Crippen molar-refractivity contribution in [3.63, 3.8) is 0 Å². The highest BCUT2D eigenvalue weighted by Crippen LogP contribution is 1.92. The third-order valence-electron chi connectivity index (χ3n) is 1.37. The van der Waals surface area contributed by atoms with Crippen molar-refractivity contribution >= 4 is 0 Å². The molecule has 1 aromatic rings. The number of aromatic nitrogens is 1. The number of nitrogens with one attached hydrogen (secondary N) is 1. The molecule has 0 aliphatic rings. The Morgan fingerprint density at radius 3 is 3.00 bits per heavy atom. The summed E-state index contributed by atoms with van der Waals surface area (Å²) in [6.07, 6.45) is 0.723. The zero-order valence-electron chi connectivity index (χ0n) is 6.14. The third kappa shape index (κ3) is 1.47. The zero-order chi connectivity index (χ0) is 8.27. The molecule has 1 N–H and O–H groups in total. The molecule has 0 atom stereocenters. The number of pyridine rings is 1. The maximum absolute atomic E-state index is 10.9. The van der Waals surface area contributed by atoms with Gasteiger partial charge in [0, 0.05) is 11.8 Å². The molecule has 1 radical (unpaired) electrons. The predicted molar refractivity (Wildman–Crippen MR) is 40.0 cm³/mol. The Labute approximate surface area is 64.3 Å². The summed E-state index contributed by atoms with van der Waals surface area (Å²) in [6.45, 7) is 1.91. The summed E-state index contributed by atoms with van der Waals surface area (Å²) >= 11 is 0. The Kier molecular flexibility index (Phi) is 2.07. The van der Waals surface area contributed by atoms with Crippen LogP contribution in [0.25, 0.3) is 0 Å². The second kappa shape index (κ2) is 3.02. The molecule has 0 aliphatic heterocycles. The number of hydrogen-bond donors (Lipinski definition) is 1. The van der Waals surface area contributed by atoms with Crippen LogP contribution in [0.1, 0.15) is 18.2 Å². The van der Waals surface area contributed by atoms with Gasteiger partial charge >= 0.3 is 0 Å². The van der Waals surface area contributed by atoms with E-state index < -0.39 is 0 Å². The molecule has 0 amide bonds. The fraction of sp³-hybridized carbons (Fsp3) is 0.250. The highest BCUT2D eigenvalue weighted by Gasteiger charge is 1.97. The first-order valence-electron chi connectivity index (χ1n) is 3.32. The number of hydrogen-bond acceptors (Lipinski definition) is 2.